The summed E-state index contributed by atoms with van der Waals surface area (Å²) in [5.74, 6) is 1.26. The van der Waals surface area contributed by atoms with Gasteiger partial charge in [0, 0.05) is 10.0 Å². The van der Waals surface area contributed by atoms with E-state index in [0.29, 0.717) is 23.1 Å². The van der Waals surface area contributed by atoms with Gasteiger partial charge in [-0.2, -0.15) is 0 Å². The van der Waals surface area contributed by atoms with Crippen molar-refractivity contribution in [2.24, 2.45) is 5.73 Å². The van der Waals surface area contributed by atoms with Gasteiger partial charge in [-0.1, -0.05) is 28.1 Å². The van der Waals surface area contributed by atoms with Crippen LogP contribution in [-0.4, -0.2) is 13.0 Å². The van der Waals surface area contributed by atoms with Crippen LogP contribution in [0.25, 0.3) is 0 Å². The Morgan fingerprint density at radius 1 is 1.12 bits per heavy atom. The number of benzene rings is 2. The minimum atomic E-state index is -0.416. The summed E-state index contributed by atoms with van der Waals surface area (Å²) >= 11 is 3.57. The van der Waals surface area contributed by atoms with Crippen LogP contribution in [0.2, 0.25) is 0 Å². The maximum atomic E-state index is 11.9. The Bertz CT molecular complexity index is 842. The molecule has 0 unspecified atom stereocenters. The van der Waals surface area contributed by atoms with E-state index in [1.807, 2.05) is 6.07 Å². The van der Waals surface area contributed by atoms with Crippen molar-refractivity contribution in [3.8, 4) is 5.75 Å². The molecule has 2 aliphatic rings. The van der Waals surface area contributed by atoms with Crippen LogP contribution in [0.1, 0.15) is 63.7 Å². The SMILES string of the molecule is COc1c(C(N)=O)ccc(C2CC2)c1[C@H]1CCc2cc(Br)ccc2C1. The molecule has 0 aromatic heterocycles. The molecule has 0 spiro atoms. The predicted molar refractivity (Wildman–Crippen MR) is 102 cm³/mol. The first-order valence-corrected chi connectivity index (χ1v) is 9.65. The minimum absolute atomic E-state index is 0.374. The Hall–Kier alpha value is -1.81. The maximum absolute atomic E-state index is 11.9. The highest BCUT2D eigenvalue weighted by molar-refractivity contribution is 9.10. The quantitative estimate of drug-likeness (QED) is 0.809. The minimum Gasteiger partial charge on any atom is -0.496 e. The monoisotopic (exact) mass is 399 g/mol. The van der Waals surface area contributed by atoms with Crippen LogP contribution in [0.5, 0.6) is 5.75 Å². The number of carbonyl (C=O) groups excluding carboxylic acids is 1. The van der Waals surface area contributed by atoms with Crippen LogP contribution < -0.4 is 10.5 Å². The van der Waals surface area contributed by atoms with E-state index in [9.17, 15) is 4.79 Å². The molecule has 0 bridgehead atoms. The molecule has 2 aromatic rings. The molecule has 2 N–H and O–H groups in total. The average Bonchev–Trinajstić information content (AvgIpc) is 3.44. The van der Waals surface area contributed by atoms with Crippen molar-refractivity contribution in [2.45, 2.75) is 43.9 Å². The number of methoxy groups -OCH3 is 1. The lowest BCUT2D eigenvalue weighted by Crippen LogP contribution is -2.19. The molecule has 2 aromatic carbocycles. The number of aryl methyl sites for hydroxylation is 1. The Balaban J connectivity index is 1.80. The topological polar surface area (TPSA) is 52.3 Å². The molecule has 1 atom stereocenters. The second-order valence-electron chi connectivity index (χ2n) is 7.14. The fourth-order valence-corrected chi connectivity index (χ4v) is 4.58. The number of hydrogen-bond acceptors (Lipinski definition) is 2. The standard InChI is InChI=1S/C21H22BrNO2/c1-25-20-18(21(23)24)9-8-17(12-2-3-12)19(20)15-5-4-14-11-16(22)7-6-13(14)10-15/h6-9,11-12,15H,2-5,10H2,1H3,(H2,23,24)/t15-/m0/s1. The molecule has 130 valence electrons. The zero-order chi connectivity index (χ0) is 17.6. The smallest absolute Gasteiger partial charge is 0.252 e. The van der Waals surface area contributed by atoms with Gasteiger partial charge in [-0.15, -0.1) is 0 Å². The van der Waals surface area contributed by atoms with Crippen molar-refractivity contribution in [1.29, 1.82) is 0 Å². The molecule has 0 saturated heterocycles. The van der Waals surface area contributed by atoms with Crippen molar-refractivity contribution in [1.82, 2.24) is 0 Å². The van der Waals surface area contributed by atoms with Gasteiger partial charge in [0.2, 0.25) is 0 Å². The van der Waals surface area contributed by atoms with E-state index >= 15 is 0 Å². The Morgan fingerprint density at radius 2 is 1.92 bits per heavy atom. The predicted octanol–water partition coefficient (Wildman–Crippen LogP) is 4.71. The summed E-state index contributed by atoms with van der Waals surface area (Å²) in [6, 6.07) is 10.5. The zero-order valence-electron chi connectivity index (χ0n) is 14.3. The molecular formula is C21H22BrNO2. The molecule has 25 heavy (non-hydrogen) atoms. The van der Waals surface area contributed by atoms with E-state index in [1.165, 1.54) is 35.1 Å². The molecule has 1 amide bonds. The number of carbonyl (C=O) groups is 1. The summed E-state index contributed by atoms with van der Waals surface area (Å²) in [6.07, 6.45) is 5.56. The van der Waals surface area contributed by atoms with Gasteiger partial charge in [0.1, 0.15) is 5.75 Å². The Kier molecular flexibility index (Phi) is 4.32. The lowest BCUT2D eigenvalue weighted by Gasteiger charge is -2.29. The lowest BCUT2D eigenvalue weighted by atomic mass is 9.77. The van der Waals surface area contributed by atoms with Crippen LogP contribution in [0, 0.1) is 0 Å². The van der Waals surface area contributed by atoms with Crippen molar-refractivity contribution in [3.05, 3.63) is 62.6 Å². The van der Waals surface area contributed by atoms with Gasteiger partial charge >= 0.3 is 0 Å². The van der Waals surface area contributed by atoms with Gasteiger partial charge in [0.15, 0.2) is 0 Å². The van der Waals surface area contributed by atoms with Crippen molar-refractivity contribution in [2.75, 3.05) is 7.11 Å². The highest BCUT2D eigenvalue weighted by atomic mass is 79.9. The highest BCUT2D eigenvalue weighted by Gasteiger charge is 2.33. The maximum Gasteiger partial charge on any atom is 0.252 e. The third-order valence-electron chi connectivity index (χ3n) is 5.52. The number of rotatable bonds is 4. The number of halogens is 1. The van der Waals surface area contributed by atoms with E-state index in [0.717, 1.165) is 23.7 Å². The van der Waals surface area contributed by atoms with Crippen molar-refractivity contribution >= 4 is 21.8 Å². The van der Waals surface area contributed by atoms with Gasteiger partial charge in [-0.05, 0) is 78.8 Å². The lowest BCUT2D eigenvalue weighted by molar-refractivity contribution is 0.0997. The Morgan fingerprint density at radius 3 is 2.60 bits per heavy atom. The number of primary amides is 1. The van der Waals surface area contributed by atoms with Crippen LogP contribution in [-0.2, 0) is 12.8 Å². The number of ether oxygens (including phenoxy) is 1. The number of hydrogen-bond donors (Lipinski definition) is 1. The molecule has 4 rings (SSSR count). The summed E-state index contributed by atoms with van der Waals surface area (Å²) in [5, 5.41) is 0. The molecule has 0 aliphatic heterocycles. The van der Waals surface area contributed by atoms with Crippen LogP contribution in [0.4, 0.5) is 0 Å². The van der Waals surface area contributed by atoms with Gasteiger partial charge in [-0.25, -0.2) is 0 Å². The molecule has 4 heteroatoms. The van der Waals surface area contributed by atoms with Gasteiger partial charge in [0.05, 0.1) is 12.7 Å². The van der Waals surface area contributed by atoms with Crippen LogP contribution in [0.15, 0.2) is 34.8 Å². The van der Waals surface area contributed by atoms with Gasteiger partial charge in [0.25, 0.3) is 5.91 Å². The number of fused-ring (bicyclic) bond motifs is 1. The third kappa shape index (κ3) is 3.08. The fourth-order valence-electron chi connectivity index (χ4n) is 4.17. The molecule has 1 saturated carbocycles. The fraction of sp³-hybridized carbons (Fsp3) is 0.381. The second-order valence-corrected chi connectivity index (χ2v) is 8.06. The average molecular weight is 400 g/mol. The first-order chi connectivity index (χ1) is 12.1. The number of nitrogens with two attached hydrogens (primary N) is 1. The molecule has 2 aliphatic carbocycles. The number of amides is 1. The van der Waals surface area contributed by atoms with Crippen LogP contribution in [0.3, 0.4) is 0 Å². The summed E-state index contributed by atoms with van der Waals surface area (Å²) in [4.78, 5) is 11.9. The van der Waals surface area contributed by atoms with E-state index in [2.05, 4.69) is 40.2 Å². The first-order valence-electron chi connectivity index (χ1n) is 8.86. The first kappa shape index (κ1) is 16.6. The third-order valence-corrected chi connectivity index (χ3v) is 6.01. The largest absolute Gasteiger partial charge is 0.496 e. The van der Waals surface area contributed by atoms with Crippen molar-refractivity contribution < 1.29 is 9.53 Å². The normalized spacial score (nSPS) is 19.4. The van der Waals surface area contributed by atoms with Crippen molar-refractivity contribution in [3.63, 3.8) is 0 Å². The molecule has 1 fully saturated rings. The van der Waals surface area contributed by atoms with E-state index in [-0.39, 0.29) is 0 Å². The summed E-state index contributed by atoms with van der Waals surface area (Å²) < 4.78 is 6.84. The summed E-state index contributed by atoms with van der Waals surface area (Å²) in [6.45, 7) is 0. The molecule has 0 heterocycles. The zero-order valence-corrected chi connectivity index (χ0v) is 15.9. The molecule has 0 radical (unpaired) electrons. The van der Waals surface area contributed by atoms with Gasteiger partial charge < -0.3 is 10.5 Å². The van der Waals surface area contributed by atoms with E-state index in [1.54, 1.807) is 7.11 Å². The van der Waals surface area contributed by atoms with Gasteiger partial charge in [-0.3, -0.25) is 4.79 Å². The van der Waals surface area contributed by atoms with E-state index < -0.39 is 5.91 Å². The highest BCUT2D eigenvalue weighted by Crippen LogP contribution is 2.49. The molecule has 3 nitrogen and oxygen atoms in total. The van der Waals surface area contributed by atoms with Crippen LogP contribution >= 0.6 is 15.9 Å². The summed E-state index contributed by atoms with van der Waals surface area (Å²) in [7, 11) is 1.65. The summed E-state index contributed by atoms with van der Waals surface area (Å²) in [5.41, 5.74) is 11.5. The second kappa shape index (κ2) is 6.49. The molecular weight excluding hydrogens is 378 g/mol. The Labute approximate surface area is 156 Å². The van der Waals surface area contributed by atoms with E-state index in [4.69, 9.17) is 10.5 Å².